The van der Waals surface area contributed by atoms with Crippen molar-refractivity contribution in [1.82, 2.24) is 0 Å². The average Bonchev–Trinajstić information content (AvgIpc) is 3.61. The minimum absolute atomic E-state index is 0.0440. The Kier molecular flexibility index (Phi) is 6.87. The van der Waals surface area contributed by atoms with E-state index in [1.54, 1.807) is 0 Å². The first-order chi connectivity index (χ1) is 23.8. The maximum absolute atomic E-state index is 7.59. The van der Waals surface area contributed by atoms with Crippen LogP contribution in [0.2, 0.25) is 5.02 Å². The summed E-state index contributed by atoms with van der Waals surface area (Å²) in [7, 11) is 0. The summed E-state index contributed by atoms with van der Waals surface area (Å²) < 4.78 is 0. The van der Waals surface area contributed by atoms with Crippen molar-refractivity contribution < 1.29 is 0 Å². The third kappa shape index (κ3) is 4.26. The largest absolute Gasteiger partial charge is 0.354 e. The third-order valence-electron chi connectivity index (χ3n) is 12.8. The van der Waals surface area contributed by atoms with Crippen LogP contribution < -0.4 is 10.2 Å². The quantitative estimate of drug-likeness (QED) is 0.192. The lowest BCUT2D eigenvalue weighted by Crippen LogP contribution is -2.44. The fourth-order valence-electron chi connectivity index (χ4n) is 10.0. The van der Waals surface area contributed by atoms with Crippen molar-refractivity contribution in [2.45, 2.75) is 45.4 Å². The maximum Gasteiger partial charge on any atom is 0.0887 e. The van der Waals surface area contributed by atoms with Gasteiger partial charge in [0.1, 0.15) is 0 Å². The second-order valence-corrected chi connectivity index (χ2v) is 15.4. The van der Waals surface area contributed by atoms with Crippen LogP contribution in [-0.2, 0) is 5.41 Å². The summed E-state index contributed by atoms with van der Waals surface area (Å²) in [6.45, 7) is 7.66. The lowest BCUT2D eigenvalue weighted by molar-refractivity contribution is 0.0990. The van der Waals surface area contributed by atoms with Crippen LogP contribution in [0.15, 0.2) is 146 Å². The standard InChI is InChI=1S/C46H41ClN2/c1-44(2)32-27-28-45(44,3)46(30-32)39-22-14-13-21-37(39)38-29-31(23-25-40(38)46)36-24-26-41(42(47)43(36)48-33-15-7-4-8-16-33)49(34-17-9-5-10-18-34)35-19-11-6-12-20-35/h4-26,29,32,48H,27-28,30H2,1-3H3. The first kappa shape index (κ1) is 30.3. The van der Waals surface area contributed by atoms with Gasteiger partial charge in [-0.3, -0.25) is 0 Å². The molecular formula is C46H41ClN2. The fraction of sp³-hybridized carbons (Fsp3) is 0.217. The van der Waals surface area contributed by atoms with Gasteiger partial charge in [0.2, 0.25) is 0 Å². The van der Waals surface area contributed by atoms with Crippen LogP contribution in [0, 0.1) is 16.7 Å². The lowest BCUT2D eigenvalue weighted by atomic mass is 9.55. The van der Waals surface area contributed by atoms with Crippen LogP contribution in [0.25, 0.3) is 22.3 Å². The van der Waals surface area contributed by atoms with Gasteiger partial charge in [0.25, 0.3) is 0 Å². The molecule has 6 aromatic carbocycles. The molecule has 9 rings (SSSR count). The molecule has 242 valence electrons. The fourth-order valence-corrected chi connectivity index (χ4v) is 10.3. The van der Waals surface area contributed by atoms with E-state index in [0.29, 0.717) is 10.4 Å². The molecule has 6 aromatic rings. The molecule has 0 saturated heterocycles. The number of fused-ring (bicyclic) bond motifs is 8. The lowest BCUT2D eigenvalue weighted by Gasteiger charge is -2.48. The van der Waals surface area contributed by atoms with E-state index >= 15 is 0 Å². The zero-order chi connectivity index (χ0) is 33.4. The van der Waals surface area contributed by atoms with Gasteiger partial charge < -0.3 is 10.2 Å². The highest BCUT2D eigenvalue weighted by atomic mass is 35.5. The molecule has 0 heterocycles. The molecular weight excluding hydrogens is 616 g/mol. The van der Waals surface area contributed by atoms with Gasteiger partial charge in [0.05, 0.1) is 16.4 Å². The number of hydrogen-bond acceptors (Lipinski definition) is 2. The molecule has 2 nitrogen and oxygen atoms in total. The Morgan fingerprint density at radius 1 is 0.633 bits per heavy atom. The monoisotopic (exact) mass is 656 g/mol. The minimum atomic E-state index is 0.0440. The van der Waals surface area contributed by atoms with Crippen molar-refractivity contribution in [2.75, 3.05) is 10.2 Å². The van der Waals surface area contributed by atoms with Crippen LogP contribution in [0.4, 0.5) is 28.4 Å². The summed E-state index contributed by atoms with van der Waals surface area (Å²) >= 11 is 7.59. The average molecular weight is 657 g/mol. The first-order valence-corrected chi connectivity index (χ1v) is 18.0. The normalized spacial score (nSPS) is 22.6. The molecule has 3 unspecified atom stereocenters. The number of halogens is 1. The molecule has 2 bridgehead atoms. The van der Waals surface area contributed by atoms with E-state index < -0.39 is 0 Å². The van der Waals surface area contributed by atoms with Gasteiger partial charge in [0.15, 0.2) is 0 Å². The predicted octanol–water partition coefficient (Wildman–Crippen LogP) is 13.3. The molecule has 0 aliphatic heterocycles. The third-order valence-corrected chi connectivity index (χ3v) is 13.2. The molecule has 1 spiro atoms. The van der Waals surface area contributed by atoms with Crippen molar-refractivity contribution >= 4 is 40.0 Å². The van der Waals surface area contributed by atoms with Gasteiger partial charge in [0, 0.05) is 28.0 Å². The number of benzene rings is 6. The Labute approximate surface area is 295 Å². The van der Waals surface area contributed by atoms with E-state index in [9.17, 15) is 0 Å². The molecule has 2 saturated carbocycles. The van der Waals surface area contributed by atoms with Crippen molar-refractivity contribution in [2.24, 2.45) is 16.7 Å². The summed E-state index contributed by atoms with van der Waals surface area (Å²) in [6, 6.07) is 52.2. The summed E-state index contributed by atoms with van der Waals surface area (Å²) in [5.41, 5.74) is 13.5. The van der Waals surface area contributed by atoms with Crippen LogP contribution in [-0.4, -0.2) is 0 Å². The van der Waals surface area contributed by atoms with Gasteiger partial charge in [-0.15, -0.1) is 0 Å². The molecule has 2 fully saturated rings. The summed E-state index contributed by atoms with van der Waals surface area (Å²) in [4.78, 5) is 2.24. The van der Waals surface area contributed by atoms with Crippen molar-refractivity contribution in [3.8, 4) is 22.3 Å². The molecule has 3 aliphatic carbocycles. The molecule has 3 aliphatic rings. The number of hydrogen-bond donors (Lipinski definition) is 1. The van der Waals surface area contributed by atoms with E-state index in [4.69, 9.17) is 11.6 Å². The van der Waals surface area contributed by atoms with Gasteiger partial charge in [-0.2, -0.15) is 0 Å². The predicted molar refractivity (Wildman–Crippen MR) is 207 cm³/mol. The smallest absolute Gasteiger partial charge is 0.0887 e. The van der Waals surface area contributed by atoms with E-state index in [2.05, 4.69) is 158 Å². The van der Waals surface area contributed by atoms with Crippen molar-refractivity contribution in [1.29, 1.82) is 0 Å². The Hall–Kier alpha value is -4.79. The van der Waals surface area contributed by atoms with E-state index in [-0.39, 0.29) is 10.8 Å². The Balaban J connectivity index is 1.24. The zero-order valence-corrected chi connectivity index (χ0v) is 29.1. The summed E-state index contributed by atoms with van der Waals surface area (Å²) in [6.07, 6.45) is 3.85. The van der Waals surface area contributed by atoms with Gasteiger partial charge in [-0.05, 0) is 112 Å². The molecule has 49 heavy (non-hydrogen) atoms. The van der Waals surface area contributed by atoms with Gasteiger partial charge >= 0.3 is 0 Å². The molecule has 0 radical (unpaired) electrons. The minimum Gasteiger partial charge on any atom is -0.354 e. The van der Waals surface area contributed by atoms with Crippen LogP contribution >= 0.6 is 11.6 Å². The van der Waals surface area contributed by atoms with E-state index in [0.717, 1.165) is 45.5 Å². The summed E-state index contributed by atoms with van der Waals surface area (Å²) in [5.74, 6) is 0.737. The Bertz CT molecular complexity index is 2150. The number of para-hydroxylation sites is 3. The second-order valence-electron chi connectivity index (χ2n) is 15.0. The van der Waals surface area contributed by atoms with E-state index in [1.807, 2.05) is 18.2 Å². The number of nitrogens with one attached hydrogen (secondary N) is 1. The van der Waals surface area contributed by atoms with Crippen LogP contribution in [0.3, 0.4) is 0 Å². The van der Waals surface area contributed by atoms with Crippen molar-refractivity contribution in [3.63, 3.8) is 0 Å². The Morgan fingerprint density at radius 2 is 1.24 bits per heavy atom. The molecule has 3 atom stereocenters. The Morgan fingerprint density at radius 3 is 1.88 bits per heavy atom. The van der Waals surface area contributed by atoms with Gasteiger partial charge in [-0.25, -0.2) is 0 Å². The highest BCUT2D eigenvalue weighted by molar-refractivity contribution is 6.37. The first-order valence-electron chi connectivity index (χ1n) is 17.6. The second kappa shape index (κ2) is 11.1. The maximum atomic E-state index is 7.59. The molecule has 0 aromatic heterocycles. The number of nitrogens with zero attached hydrogens (tertiary/aromatic N) is 1. The SMILES string of the molecule is CC1(C)C2CCC1(C)C1(C2)c2ccccc2-c2cc(-c3ccc(N(c4ccccc4)c4ccccc4)c(Cl)c3Nc3ccccc3)ccc21. The van der Waals surface area contributed by atoms with Gasteiger partial charge in [-0.1, -0.05) is 129 Å². The zero-order valence-electron chi connectivity index (χ0n) is 28.4. The topological polar surface area (TPSA) is 15.3 Å². The van der Waals surface area contributed by atoms with Crippen LogP contribution in [0.5, 0.6) is 0 Å². The molecule has 1 N–H and O–H groups in total. The molecule has 0 amide bonds. The molecule has 3 heteroatoms. The van der Waals surface area contributed by atoms with Crippen LogP contribution in [0.1, 0.15) is 51.2 Å². The van der Waals surface area contributed by atoms with E-state index in [1.165, 1.54) is 41.5 Å². The van der Waals surface area contributed by atoms with Crippen molar-refractivity contribution in [3.05, 3.63) is 162 Å². The summed E-state index contributed by atoms with van der Waals surface area (Å²) in [5, 5.41) is 4.43. The number of anilines is 5. The highest BCUT2D eigenvalue weighted by Gasteiger charge is 2.71. The highest BCUT2D eigenvalue weighted by Crippen LogP contribution is 2.78. The number of rotatable bonds is 6.